The monoisotopic (exact) mass is 188 g/mol. The van der Waals surface area contributed by atoms with Crippen LogP contribution in [0.2, 0.25) is 0 Å². The predicted molar refractivity (Wildman–Crippen MR) is 64.6 cm³/mol. The van der Waals surface area contributed by atoms with Crippen LogP contribution in [0.25, 0.3) is 5.57 Å². The summed E-state index contributed by atoms with van der Waals surface area (Å²) in [6.07, 6.45) is 0. The number of hydrogen-bond donors (Lipinski definition) is 0. The van der Waals surface area contributed by atoms with E-state index >= 15 is 0 Å². The van der Waals surface area contributed by atoms with Crippen molar-refractivity contribution in [1.82, 2.24) is 0 Å². The molecule has 0 heterocycles. The van der Waals surface area contributed by atoms with Gasteiger partial charge in [0, 0.05) is 0 Å². The van der Waals surface area contributed by atoms with E-state index < -0.39 is 0 Å². The van der Waals surface area contributed by atoms with Gasteiger partial charge < -0.3 is 0 Å². The second-order valence-corrected chi connectivity index (χ2v) is 5.08. The number of benzene rings is 1. The molecule has 0 aliphatic carbocycles. The Morgan fingerprint density at radius 2 is 1.79 bits per heavy atom. The zero-order chi connectivity index (χ0) is 10.9. The van der Waals surface area contributed by atoms with Gasteiger partial charge in [-0.15, -0.1) is 0 Å². The smallest absolute Gasteiger partial charge is 0.0126 e. The van der Waals surface area contributed by atoms with Gasteiger partial charge in [-0.25, -0.2) is 0 Å². The average Bonchev–Trinajstić information content (AvgIpc) is 2.01. The van der Waals surface area contributed by atoms with E-state index in [0.717, 1.165) is 5.57 Å². The fraction of sp³-hybridized carbons (Fsp3) is 0.429. The molecule has 0 fully saturated rings. The second kappa shape index (κ2) is 3.61. The van der Waals surface area contributed by atoms with E-state index in [4.69, 9.17) is 0 Å². The quantitative estimate of drug-likeness (QED) is 0.615. The van der Waals surface area contributed by atoms with Gasteiger partial charge in [-0.1, -0.05) is 56.7 Å². The highest BCUT2D eigenvalue weighted by atomic mass is 14.2. The minimum Gasteiger partial charge on any atom is -0.0955 e. The summed E-state index contributed by atoms with van der Waals surface area (Å²) < 4.78 is 0. The Morgan fingerprint density at radius 1 is 1.21 bits per heavy atom. The van der Waals surface area contributed by atoms with Gasteiger partial charge in [-0.2, -0.15) is 0 Å². The SMILES string of the molecule is C=C(C)c1ccc(C)cc1C(C)(C)C. The molecule has 0 aromatic heterocycles. The summed E-state index contributed by atoms with van der Waals surface area (Å²) in [6.45, 7) is 15.0. The molecule has 0 radical (unpaired) electrons. The van der Waals surface area contributed by atoms with Crippen LogP contribution in [0.4, 0.5) is 0 Å². The molecule has 76 valence electrons. The predicted octanol–water partition coefficient (Wildman–Crippen LogP) is 4.33. The number of allylic oxidation sites excluding steroid dienone is 1. The van der Waals surface area contributed by atoms with Crippen molar-refractivity contribution in [1.29, 1.82) is 0 Å². The molecule has 1 aromatic rings. The Balaban J connectivity index is 3.38. The van der Waals surface area contributed by atoms with Crippen LogP contribution in [-0.4, -0.2) is 0 Å². The van der Waals surface area contributed by atoms with E-state index in [1.807, 2.05) is 0 Å². The van der Waals surface area contributed by atoms with Crippen LogP contribution >= 0.6 is 0 Å². The molecule has 0 heteroatoms. The molecule has 0 atom stereocenters. The molecule has 0 nitrogen and oxygen atoms in total. The van der Waals surface area contributed by atoms with Gasteiger partial charge in [-0.05, 0) is 30.4 Å². The summed E-state index contributed by atoms with van der Waals surface area (Å²) >= 11 is 0. The van der Waals surface area contributed by atoms with E-state index in [9.17, 15) is 0 Å². The maximum absolute atomic E-state index is 4.03. The molecule has 0 aliphatic heterocycles. The van der Waals surface area contributed by atoms with Crippen LogP contribution in [0.1, 0.15) is 44.4 Å². The first kappa shape index (κ1) is 11.0. The van der Waals surface area contributed by atoms with Crippen molar-refractivity contribution in [3.8, 4) is 0 Å². The van der Waals surface area contributed by atoms with E-state index in [2.05, 4.69) is 59.4 Å². The van der Waals surface area contributed by atoms with Gasteiger partial charge in [0.25, 0.3) is 0 Å². The number of hydrogen-bond acceptors (Lipinski definition) is 0. The molecule has 0 saturated carbocycles. The van der Waals surface area contributed by atoms with Gasteiger partial charge in [0.1, 0.15) is 0 Å². The Bertz CT molecular complexity index is 351. The first-order valence-corrected chi connectivity index (χ1v) is 5.09. The number of aryl methyl sites for hydroxylation is 1. The lowest BCUT2D eigenvalue weighted by molar-refractivity contribution is 0.588. The molecule has 0 spiro atoms. The van der Waals surface area contributed by atoms with Crippen molar-refractivity contribution < 1.29 is 0 Å². The third-order valence-corrected chi connectivity index (χ3v) is 2.44. The lowest BCUT2D eigenvalue weighted by Gasteiger charge is -2.23. The fourth-order valence-electron chi connectivity index (χ4n) is 1.65. The van der Waals surface area contributed by atoms with Gasteiger partial charge >= 0.3 is 0 Å². The Labute approximate surface area is 87.7 Å². The average molecular weight is 188 g/mol. The third-order valence-electron chi connectivity index (χ3n) is 2.44. The Morgan fingerprint density at radius 3 is 2.21 bits per heavy atom. The van der Waals surface area contributed by atoms with E-state index in [1.165, 1.54) is 16.7 Å². The minimum atomic E-state index is 0.195. The van der Waals surface area contributed by atoms with Crippen LogP contribution < -0.4 is 0 Å². The first-order chi connectivity index (χ1) is 6.32. The molecule has 0 aliphatic rings. The van der Waals surface area contributed by atoms with E-state index in [0.29, 0.717) is 0 Å². The molecule has 0 saturated heterocycles. The molecule has 0 amide bonds. The highest BCUT2D eigenvalue weighted by Crippen LogP contribution is 2.30. The summed E-state index contributed by atoms with van der Waals surface area (Å²) in [5.41, 5.74) is 5.35. The largest absolute Gasteiger partial charge is 0.0955 e. The molecule has 14 heavy (non-hydrogen) atoms. The van der Waals surface area contributed by atoms with Crippen LogP contribution in [0.3, 0.4) is 0 Å². The van der Waals surface area contributed by atoms with Crippen molar-refractivity contribution in [3.05, 3.63) is 41.5 Å². The summed E-state index contributed by atoms with van der Waals surface area (Å²) in [5, 5.41) is 0. The normalized spacial score (nSPS) is 11.5. The highest BCUT2D eigenvalue weighted by molar-refractivity contribution is 5.66. The topological polar surface area (TPSA) is 0 Å². The first-order valence-electron chi connectivity index (χ1n) is 5.09. The third kappa shape index (κ3) is 2.25. The van der Waals surface area contributed by atoms with Gasteiger partial charge in [0.15, 0.2) is 0 Å². The van der Waals surface area contributed by atoms with Crippen LogP contribution in [0.15, 0.2) is 24.8 Å². The van der Waals surface area contributed by atoms with Crippen molar-refractivity contribution in [2.45, 2.75) is 40.0 Å². The highest BCUT2D eigenvalue weighted by Gasteiger charge is 2.17. The summed E-state index contributed by atoms with van der Waals surface area (Å²) in [7, 11) is 0. The molecular formula is C14H20. The standard InChI is InChI=1S/C14H20/c1-10(2)12-8-7-11(3)9-13(12)14(4,5)6/h7-9H,1H2,2-6H3. The van der Waals surface area contributed by atoms with Crippen molar-refractivity contribution in [3.63, 3.8) is 0 Å². The molecule has 0 unspecified atom stereocenters. The second-order valence-electron chi connectivity index (χ2n) is 5.08. The van der Waals surface area contributed by atoms with Crippen LogP contribution in [0.5, 0.6) is 0 Å². The molecule has 1 rings (SSSR count). The molecule has 1 aromatic carbocycles. The zero-order valence-electron chi connectivity index (χ0n) is 9.94. The lowest BCUT2D eigenvalue weighted by Crippen LogP contribution is -2.13. The summed E-state index contributed by atoms with van der Waals surface area (Å²) in [6, 6.07) is 6.60. The Hall–Kier alpha value is -1.04. The maximum atomic E-state index is 4.03. The minimum absolute atomic E-state index is 0.195. The van der Waals surface area contributed by atoms with Crippen LogP contribution in [-0.2, 0) is 5.41 Å². The van der Waals surface area contributed by atoms with Crippen molar-refractivity contribution in [2.24, 2.45) is 0 Å². The number of rotatable bonds is 1. The lowest BCUT2D eigenvalue weighted by atomic mass is 9.81. The van der Waals surface area contributed by atoms with Crippen molar-refractivity contribution >= 4 is 5.57 Å². The van der Waals surface area contributed by atoms with E-state index in [1.54, 1.807) is 0 Å². The maximum Gasteiger partial charge on any atom is -0.0126 e. The molecular weight excluding hydrogens is 168 g/mol. The molecule has 0 bridgehead atoms. The van der Waals surface area contributed by atoms with E-state index in [-0.39, 0.29) is 5.41 Å². The summed E-state index contributed by atoms with van der Waals surface area (Å²) in [5.74, 6) is 0. The van der Waals surface area contributed by atoms with Gasteiger partial charge in [-0.3, -0.25) is 0 Å². The molecule has 0 N–H and O–H groups in total. The van der Waals surface area contributed by atoms with Crippen molar-refractivity contribution in [2.75, 3.05) is 0 Å². The van der Waals surface area contributed by atoms with Gasteiger partial charge in [0.05, 0.1) is 0 Å². The van der Waals surface area contributed by atoms with Crippen LogP contribution in [0, 0.1) is 6.92 Å². The fourth-order valence-corrected chi connectivity index (χ4v) is 1.65. The zero-order valence-corrected chi connectivity index (χ0v) is 9.94. The van der Waals surface area contributed by atoms with Gasteiger partial charge in [0.2, 0.25) is 0 Å². The summed E-state index contributed by atoms with van der Waals surface area (Å²) in [4.78, 5) is 0. The Kier molecular flexibility index (Phi) is 2.84.